The molecule has 2 rings (SSSR count). The molecule has 0 aliphatic carbocycles. The first-order valence-corrected chi connectivity index (χ1v) is 5.05. The van der Waals surface area contributed by atoms with Gasteiger partial charge in [-0.1, -0.05) is 0 Å². The second kappa shape index (κ2) is 4.72. The summed E-state index contributed by atoms with van der Waals surface area (Å²) in [5, 5.41) is 30.8. The van der Waals surface area contributed by atoms with Gasteiger partial charge in [0, 0.05) is 6.07 Å². The Morgan fingerprint density at radius 3 is 2.45 bits per heavy atom. The molecule has 1 amide bonds. The zero-order valence-electron chi connectivity index (χ0n) is 9.64. The summed E-state index contributed by atoms with van der Waals surface area (Å²) in [5.41, 5.74) is 3.51. The summed E-state index contributed by atoms with van der Waals surface area (Å²) in [6, 6.07) is 2.94. The first kappa shape index (κ1) is 13.1. The van der Waals surface area contributed by atoms with Gasteiger partial charge >= 0.3 is 0 Å². The molecule has 0 atom stereocenters. The zero-order chi connectivity index (χ0) is 14.9. The van der Waals surface area contributed by atoms with Crippen molar-refractivity contribution in [2.24, 2.45) is 5.73 Å². The highest BCUT2D eigenvalue weighted by atomic mass is 16.6. The monoisotopic (exact) mass is 278 g/mol. The number of hydrogen-bond donors (Lipinski definition) is 2. The largest absolute Gasteiger partial charge is 0.364 e. The van der Waals surface area contributed by atoms with Crippen molar-refractivity contribution < 1.29 is 14.6 Å². The van der Waals surface area contributed by atoms with Gasteiger partial charge in [0.2, 0.25) is 0 Å². The van der Waals surface area contributed by atoms with Gasteiger partial charge in [-0.2, -0.15) is 15.4 Å². The van der Waals surface area contributed by atoms with Gasteiger partial charge in [-0.3, -0.25) is 25.0 Å². The van der Waals surface area contributed by atoms with Gasteiger partial charge in [-0.05, 0) is 6.07 Å². The van der Waals surface area contributed by atoms with E-state index in [1.807, 2.05) is 0 Å². The molecule has 20 heavy (non-hydrogen) atoms. The summed E-state index contributed by atoms with van der Waals surface area (Å²) in [7, 11) is 0. The number of aromatic amines is 1. The molecule has 1 aromatic heterocycles. The van der Waals surface area contributed by atoms with Gasteiger partial charge in [0.25, 0.3) is 17.3 Å². The van der Waals surface area contributed by atoms with Crippen LogP contribution >= 0.6 is 0 Å². The van der Waals surface area contributed by atoms with E-state index in [-0.39, 0.29) is 17.0 Å². The first-order chi connectivity index (χ1) is 9.41. The number of rotatable bonds is 4. The third-order valence-corrected chi connectivity index (χ3v) is 2.43. The number of carbonyl (C=O) groups excluding carboxylic acids is 1. The fraction of sp³-hybridized carbons (Fsp3) is 0. The number of nitrogens with zero attached hydrogens (tertiary/aromatic N) is 4. The van der Waals surface area contributed by atoms with E-state index in [0.29, 0.717) is 0 Å². The number of nitrogens with two attached hydrogens (primary N) is 1. The van der Waals surface area contributed by atoms with Crippen LogP contribution in [0.1, 0.15) is 10.5 Å². The normalized spacial score (nSPS) is 10.2. The quantitative estimate of drug-likeness (QED) is 0.601. The van der Waals surface area contributed by atoms with Crippen LogP contribution in [0.25, 0.3) is 11.3 Å². The maximum Gasteiger partial charge on any atom is 0.285 e. The van der Waals surface area contributed by atoms with Crippen molar-refractivity contribution in [1.29, 1.82) is 0 Å². The molecule has 11 heteroatoms. The van der Waals surface area contributed by atoms with Crippen molar-refractivity contribution in [2.45, 2.75) is 0 Å². The second-order valence-corrected chi connectivity index (χ2v) is 3.60. The number of aromatic nitrogens is 3. The minimum atomic E-state index is -0.929. The average Bonchev–Trinajstić information content (AvgIpc) is 2.86. The number of non-ortho nitro benzene ring substituents is 1. The number of nitro groups is 2. The van der Waals surface area contributed by atoms with Crippen molar-refractivity contribution in [3.8, 4) is 11.3 Å². The van der Waals surface area contributed by atoms with Gasteiger partial charge in [-0.15, -0.1) is 0 Å². The fourth-order valence-electron chi connectivity index (χ4n) is 1.58. The molecule has 1 heterocycles. The first-order valence-electron chi connectivity index (χ1n) is 5.05. The van der Waals surface area contributed by atoms with Crippen LogP contribution in [0.2, 0.25) is 0 Å². The molecule has 1 aromatic carbocycles. The van der Waals surface area contributed by atoms with Crippen LogP contribution in [0.3, 0.4) is 0 Å². The summed E-state index contributed by atoms with van der Waals surface area (Å²) in [4.78, 5) is 31.2. The van der Waals surface area contributed by atoms with Gasteiger partial charge in [0.05, 0.1) is 21.5 Å². The third kappa shape index (κ3) is 2.14. The SMILES string of the molecule is NC(=O)c1n[nH]nc1-c1ccc([N+](=O)[O-])cc1[N+](=O)[O-]. The topological polar surface area (TPSA) is 171 Å². The van der Waals surface area contributed by atoms with Gasteiger partial charge in [0.1, 0.15) is 5.69 Å². The molecule has 102 valence electrons. The van der Waals surface area contributed by atoms with Crippen molar-refractivity contribution >= 4 is 17.3 Å². The Balaban J connectivity index is 2.68. The predicted molar refractivity (Wildman–Crippen MR) is 63.6 cm³/mol. The maximum atomic E-state index is 11.1. The highest BCUT2D eigenvalue weighted by Gasteiger charge is 2.25. The summed E-state index contributed by atoms with van der Waals surface area (Å²) in [6.45, 7) is 0. The Bertz CT molecular complexity index is 723. The molecule has 0 bridgehead atoms. The van der Waals surface area contributed by atoms with Crippen molar-refractivity contribution in [3.63, 3.8) is 0 Å². The Hall–Kier alpha value is -3.37. The molecule has 0 saturated heterocycles. The molecular formula is C9H6N6O5. The molecule has 0 spiro atoms. The van der Waals surface area contributed by atoms with E-state index >= 15 is 0 Å². The number of primary amides is 1. The molecule has 2 aromatic rings. The molecule has 11 nitrogen and oxygen atoms in total. The number of amides is 1. The van der Waals surface area contributed by atoms with Crippen LogP contribution in [-0.2, 0) is 0 Å². The van der Waals surface area contributed by atoms with Crippen LogP contribution in [0, 0.1) is 20.2 Å². The van der Waals surface area contributed by atoms with Crippen LogP contribution in [0.5, 0.6) is 0 Å². The number of nitro benzene ring substituents is 2. The summed E-state index contributed by atoms with van der Waals surface area (Å²) in [5.74, 6) is -0.929. The Labute approximate surface area is 109 Å². The fourth-order valence-corrected chi connectivity index (χ4v) is 1.58. The molecule has 3 N–H and O–H groups in total. The zero-order valence-corrected chi connectivity index (χ0v) is 9.64. The van der Waals surface area contributed by atoms with E-state index in [1.54, 1.807) is 0 Å². The van der Waals surface area contributed by atoms with E-state index in [9.17, 15) is 25.0 Å². The third-order valence-electron chi connectivity index (χ3n) is 2.43. The number of hydrogen-bond acceptors (Lipinski definition) is 7. The van der Waals surface area contributed by atoms with Crippen molar-refractivity contribution in [3.05, 3.63) is 44.1 Å². The number of H-pyrrole nitrogens is 1. The smallest absolute Gasteiger partial charge is 0.285 e. The molecule has 0 saturated carbocycles. The average molecular weight is 278 g/mol. The summed E-state index contributed by atoms with van der Waals surface area (Å²) in [6.07, 6.45) is 0. The Kier molecular flexibility index (Phi) is 3.08. The van der Waals surface area contributed by atoms with Crippen molar-refractivity contribution in [1.82, 2.24) is 15.4 Å². The lowest BCUT2D eigenvalue weighted by Gasteiger charge is -2.00. The van der Waals surface area contributed by atoms with E-state index in [0.717, 1.165) is 18.2 Å². The van der Waals surface area contributed by atoms with Gasteiger partial charge in [0.15, 0.2) is 5.69 Å². The molecule has 0 fully saturated rings. The highest BCUT2D eigenvalue weighted by Crippen LogP contribution is 2.32. The molecule has 0 aliphatic heterocycles. The predicted octanol–water partition coefficient (Wildman–Crippen LogP) is 0.387. The Morgan fingerprint density at radius 2 is 1.90 bits per heavy atom. The lowest BCUT2D eigenvalue weighted by Crippen LogP contribution is -2.13. The van der Waals surface area contributed by atoms with E-state index in [2.05, 4.69) is 15.4 Å². The molecule has 0 aliphatic rings. The standard InChI is InChI=1S/C9H6N6O5/c10-9(16)8-7(11-13-12-8)5-2-1-4(14(17)18)3-6(5)15(19)20/h1-3H,(H2,10,16)(H,11,12,13). The summed E-state index contributed by atoms with van der Waals surface area (Å²) >= 11 is 0. The lowest BCUT2D eigenvalue weighted by molar-refractivity contribution is -0.393. The van der Waals surface area contributed by atoms with Crippen LogP contribution < -0.4 is 5.73 Å². The van der Waals surface area contributed by atoms with Gasteiger partial charge < -0.3 is 5.73 Å². The van der Waals surface area contributed by atoms with E-state index in [1.165, 1.54) is 0 Å². The van der Waals surface area contributed by atoms with Crippen LogP contribution in [0.15, 0.2) is 18.2 Å². The second-order valence-electron chi connectivity index (χ2n) is 3.60. The maximum absolute atomic E-state index is 11.1. The molecular weight excluding hydrogens is 272 g/mol. The van der Waals surface area contributed by atoms with Crippen LogP contribution in [-0.4, -0.2) is 31.2 Å². The highest BCUT2D eigenvalue weighted by molar-refractivity contribution is 5.97. The lowest BCUT2D eigenvalue weighted by atomic mass is 10.1. The number of benzene rings is 1. The van der Waals surface area contributed by atoms with Gasteiger partial charge in [-0.25, -0.2) is 0 Å². The minimum absolute atomic E-state index is 0.0943. The molecule has 0 radical (unpaired) electrons. The minimum Gasteiger partial charge on any atom is -0.364 e. The molecule has 0 unspecified atom stereocenters. The van der Waals surface area contributed by atoms with E-state index < -0.39 is 27.1 Å². The number of carbonyl (C=O) groups is 1. The van der Waals surface area contributed by atoms with E-state index in [4.69, 9.17) is 5.73 Å². The number of nitrogens with one attached hydrogen (secondary N) is 1. The summed E-state index contributed by atoms with van der Waals surface area (Å²) < 4.78 is 0. The van der Waals surface area contributed by atoms with Crippen molar-refractivity contribution in [2.75, 3.05) is 0 Å². The van der Waals surface area contributed by atoms with Crippen LogP contribution in [0.4, 0.5) is 11.4 Å². The Morgan fingerprint density at radius 1 is 1.20 bits per heavy atom.